The molecule has 0 atom stereocenters. The van der Waals surface area contributed by atoms with Gasteiger partial charge in [0.05, 0.1) is 0 Å². The zero-order chi connectivity index (χ0) is 10.7. The van der Waals surface area contributed by atoms with E-state index in [1.807, 2.05) is 0 Å². The van der Waals surface area contributed by atoms with Gasteiger partial charge in [0.2, 0.25) is 0 Å². The molecule has 1 aromatic rings. The first-order chi connectivity index (χ1) is 7.29. The normalized spacial score (nSPS) is 18.1. The Bertz CT molecular complexity index is 314. The van der Waals surface area contributed by atoms with Gasteiger partial charge in [-0.05, 0) is 36.5 Å². The summed E-state index contributed by atoms with van der Waals surface area (Å²) in [5, 5.41) is 0. The van der Waals surface area contributed by atoms with Gasteiger partial charge >= 0.3 is 0 Å². The van der Waals surface area contributed by atoms with E-state index in [-0.39, 0.29) is 0 Å². The number of hydrogen-bond donors (Lipinski definition) is 1. The number of nitrogens with zero attached hydrogens (tertiary/aromatic N) is 1. The molecule has 82 valence electrons. The highest BCUT2D eigenvalue weighted by atomic mass is 15.1. The Morgan fingerprint density at radius 2 is 2.07 bits per heavy atom. The van der Waals surface area contributed by atoms with Crippen molar-refractivity contribution in [2.45, 2.75) is 26.3 Å². The van der Waals surface area contributed by atoms with E-state index in [9.17, 15) is 0 Å². The van der Waals surface area contributed by atoms with E-state index in [4.69, 9.17) is 5.73 Å². The van der Waals surface area contributed by atoms with Crippen LogP contribution in [-0.4, -0.2) is 13.1 Å². The fourth-order valence-electron chi connectivity index (χ4n) is 2.15. The molecule has 1 aliphatic heterocycles. The Morgan fingerprint density at radius 3 is 2.73 bits per heavy atom. The molecule has 0 amide bonds. The Kier molecular flexibility index (Phi) is 3.27. The van der Waals surface area contributed by atoms with Crippen molar-refractivity contribution in [3.05, 3.63) is 29.8 Å². The highest BCUT2D eigenvalue weighted by Crippen LogP contribution is 2.23. The maximum absolute atomic E-state index is 5.65. The Morgan fingerprint density at radius 1 is 1.33 bits per heavy atom. The lowest BCUT2D eigenvalue weighted by molar-refractivity contribution is 0.438. The first kappa shape index (κ1) is 10.5. The van der Waals surface area contributed by atoms with Gasteiger partial charge in [-0.1, -0.05) is 19.1 Å². The van der Waals surface area contributed by atoms with Gasteiger partial charge in [-0.15, -0.1) is 0 Å². The number of piperidine rings is 1. The topological polar surface area (TPSA) is 29.3 Å². The van der Waals surface area contributed by atoms with Crippen LogP contribution < -0.4 is 10.6 Å². The summed E-state index contributed by atoms with van der Waals surface area (Å²) < 4.78 is 0. The molecular formula is C13H20N2. The maximum Gasteiger partial charge on any atom is 0.0369 e. The van der Waals surface area contributed by atoms with E-state index < -0.39 is 0 Å². The third kappa shape index (κ3) is 2.51. The predicted octanol–water partition coefficient (Wildman–Crippen LogP) is 2.38. The lowest BCUT2D eigenvalue weighted by Crippen LogP contribution is -2.32. The fourth-order valence-corrected chi connectivity index (χ4v) is 2.15. The zero-order valence-electron chi connectivity index (χ0n) is 9.45. The Balaban J connectivity index is 2.08. The molecule has 15 heavy (non-hydrogen) atoms. The summed E-state index contributed by atoms with van der Waals surface area (Å²) in [6, 6.07) is 8.61. The summed E-state index contributed by atoms with van der Waals surface area (Å²) in [7, 11) is 0. The maximum atomic E-state index is 5.65. The first-order valence-corrected chi connectivity index (χ1v) is 5.83. The Labute approximate surface area is 92.1 Å². The average molecular weight is 204 g/mol. The average Bonchev–Trinajstić information content (AvgIpc) is 2.30. The molecule has 2 N–H and O–H groups in total. The van der Waals surface area contributed by atoms with E-state index in [2.05, 4.69) is 36.1 Å². The quantitative estimate of drug-likeness (QED) is 0.801. The number of anilines is 1. The second kappa shape index (κ2) is 4.67. The SMILES string of the molecule is CC1CCN(c2cccc(CN)c2)CC1. The van der Waals surface area contributed by atoms with E-state index >= 15 is 0 Å². The van der Waals surface area contributed by atoms with Crippen LogP contribution in [0.3, 0.4) is 0 Å². The van der Waals surface area contributed by atoms with Gasteiger partial charge in [0.15, 0.2) is 0 Å². The van der Waals surface area contributed by atoms with Crippen LogP contribution in [0.4, 0.5) is 5.69 Å². The molecule has 1 aliphatic rings. The van der Waals surface area contributed by atoms with Gasteiger partial charge in [-0.2, -0.15) is 0 Å². The molecule has 1 saturated heterocycles. The van der Waals surface area contributed by atoms with E-state index in [1.165, 1.54) is 37.2 Å². The molecule has 0 spiro atoms. The molecular weight excluding hydrogens is 184 g/mol. The zero-order valence-corrected chi connectivity index (χ0v) is 9.45. The molecule has 2 heteroatoms. The number of nitrogens with two attached hydrogens (primary N) is 1. The molecule has 2 rings (SSSR count). The molecule has 1 aromatic carbocycles. The summed E-state index contributed by atoms with van der Waals surface area (Å²) >= 11 is 0. The van der Waals surface area contributed by atoms with Crippen LogP contribution in [0.2, 0.25) is 0 Å². The number of rotatable bonds is 2. The molecule has 0 unspecified atom stereocenters. The van der Waals surface area contributed by atoms with Crippen LogP contribution in [-0.2, 0) is 6.54 Å². The minimum atomic E-state index is 0.637. The number of hydrogen-bond acceptors (Lipinski definition) is 2. The van der Waals surface area contributed by atoms with E-state index in [0.29, 0.717) is 6.54 Å². The molecule has 0 aromatic heterocycles. The van der Waals surface area contributed by atoms with Crippen LogP contribution in [0.1, 0.15) is 25.3 Å². The van der Waals surface area contributed by atoms with Crippen molar-refractivity contribution >= 4 is 5.69 Å². The molecule has 0 saturated carbocycles. The van der Waals surface area contributed by atoms with Crippen LogP contribution in [0, 0.1) is 5.92 Å². The number of benzene rings is 1. The van der Waals surface area contributed by atoms with Gasteiger partial charge in [0.25, 0.3) is 0 Å². The van der Waals surface area contributed by atoms with Crippen LogP contribution in [0.15, 0.2) is 24.3 Å². The lowest BCUT2D eigenvalue weighted by atomic mass is 9.98. The molecule has 0 radical (unpaired) electrons. The fraction of sp³-hybridized carbons (Fsp3) is 0.538. The monoisotopic (exact) mass is 204 g/mol. The van der Waals surface area contributed by atoms with Crippen molar-refractivity contribution in [2.75, 3.05) is 18.0 Å². The third-order valence-corrected chi connectivity index (χ3v) is 3.30. The van der Waals surface area contributed by atoms with Gasteiger partial charge in [-0.25, -0.2) is 0 Å². The largest absolute Gasteiger partial charge is 0.372 e. The predicted molar refractivity (Wildman–Crippen MR) is 64.9 cm³/mol. The summed E-state index contributed by atoms with van der Waals surface area (Å²) in [6.07, 6.45) is 2.62. The highest BCUT2D eigenvalue weighted by Gasteiger charge is 2.15. The standard InChI is InChI=1S/C13H20N2/c1-11-5-7-15(8-6-11)13-4-2-3-12(9-13)10-14/h2-4,9,11H,5-8,10,14H2,1H3. The first-order valence-electron chi connectivity index (χ1n) is 5.83. The third-order valence-electron chi connectivity index (χ3n) is 3.30. The highest BCUT2D eigenvalue weighted by molar-refractivity contribution is 5.48. The summed E-state index contributed by atoms with van der Waals surface area (Å²) in [6.45, 7) is 5.36. The van der Waals surface area contributed by atoms with Crippen LogP contribution in [0.5, 0.6) is 0 Å². The van der Waals surface area contributed by atoms with Crippen molar-refractivity contribution in [3.8, 4) is 0 Å². The van der Waals surface area contributed by atoms with E-state index in [1.54, 1.807) is 0 Å². The second-order valence-corrected chi connectivity index (χ2v) is 4.54. The Hall–Kier alpha value is -1.02. The molecule has 1 fully saturated rings. The van der Waals surface area contributed by atoms with Gasteiger partial charge in [-0.3, -0.25) is 0 Å². The van der Waals surface area contributed by atoms with Crippen LogP contribution >= 0.6 is 0 Å². The van der Waals surface area contributed by atoms with Gasteiger partial charge in [0, 0.05) is 25.3 Å². The smallest absolute Gasteiger partial charge is 0.0369 e. The van der Waals surface area contributed by atoms with Gasteiger partial charge < -0.3 is 10.6 Å². The molecule has 1 heterocycles. The second-order valence-electron chi connectivity index (χ2n) is 4.54. The van der Waals surface area contributed by atoms with Crippen molar-refractivity contribution in [3.63, 3.8) is 0 Å². The van der Waals surface area contributed by atoms with Gasteiger partial charge in [0.1, 0.15) is 0 Å². The van der Waals surface area contributed by atoms with Crippen molar-refractivity contribution in [2.24, 2.45) is 11.7 Å². The van der Waals surface area contributed by atoms with Crippen molar-refractivity contribution < 1.29 is 0 Å². The summed E-state index contributed by atoms with van der Waals surface area (Å²) in [5.74, 6) is 0.888. The van der Waals surface area contributed by atoms with Crippen molar-refractivity contribution in [1.29, 1.82) is 0 Å². The lowest BCUT2D eigenvalue weighted by Gasteiger charge is -2.32. The summed E-state index contributed by atoms with van der Waals surface area (Å²) in [5.41, 5.74) is 8.22. The van der Waals surface area contributed by atoms with E-state index in [0.717, 1.165) is 5.92 Å². The molecule has 0 bridgehead atoms. The van der Waals surface area contributed by atoms with Crippen molar-refractivity contribution in [1.82, 2.24) is 0 Å². The minimum absolute atomic E-state index is 0.637. The summed E-state index contributed by atoms with van der Waals surface area (Å²) in [4.78, 5) is 2.47. The minimum Gasteiger partial charge on any atom is -0.372 e. The molecule has 0 aliphatic carbocycles. The molecule has 2 nitrogen and oxygen atoms in total. The van der Waals surface area contributed by atoms with Crippen LogP contribution in [0.25, 0.3) is 0 Å².